The van der Waals surface area contributed by atoms with Gasteiger partial charge < -0.3 is 10.1 Å². The summed E-state index contributed by atoms with van der Waals surface area (Å²) in [5, 5.41) is 3.09. The summed E-state index contributed by atoms with van der Waals surface area (Å²) in [4.78, 5) is 27.9. The van der Waals surface area contributed by atoms with Gasteiger partial charge in [0.1, 0.15) is 5.60 Å². The maximum atomic E-state index is 12.3. The van der Waals surface area contributed by atoms with Gasteiger partial charge in [0.05, 0.1) is 21.8 Å². The number of nitrogens with zero attached hydrogens (tertiary/aromatic N) is 1. The average Bonchev–Trinajstić information content (AvgIpc) is 2.24. The van der Waals surface area contributed by atoms with Gasteiger partial charge >= 0.3 is 5.97 Å². The number of esters is 1. The molecule has 1 aromatic heterocycles. The van der Waals surface area contributed by atoms with Gasteiger partial charge in [0.15, 0.2) is 0 Å². The second-order valence-electron chi connectivity index (χ2n) is 6.36. The number of aromatic nitrogens is 1. The van der Waals surface area contributed by atoms with Crippen molar-refractivity contribution >= 4 is 23.5 Å². The molecule has 1 amide bonds. The Morgan fingerprint density at radius 2 is 1.81 bits per heavy atom. The third kappa shape index (κ3) is 5.01. The smallest absolute Gasteiger partial charge is 0.340 e. The summed E-state index contributed by atoms with van der Waals surface area (Å²) in [5.41, 5.74) is -0.787. The molecule has 116 valence electrons. The highest BCUT2D eigenvalue weighted by Crippen LogP contribution is 2.26. The molecule has 0 fully saturated rings. The van der Waals surface area contributed by atoms with Gasteiger partial charge in [0.2, 0.25) is 5.91 Å². The number of pyridine rings is 1. The quantitative estimate of drug-likeness (QED) is 0.871. The monoisotopic (exact) mass is 312 g/mol. The van der Waals surface area contributed by atoms with E-state index < -0.39 is 17.1 Å². The van der Waals surface area contributed by atoms with E-state index in [9.17, 15) is 9.59 Å². The molecule has 0 aliphatic carbocycles. The van der Waals surface area contributed by atoms with Crippen LogP contribution in [0.1, 0.15) is 57.6 Å². The van der Waals surface area contributed by atoms with E-state index in [1.54, 1.807) is 34.6 Å². The highest BCUT2D eigenvalue weighted by Gasteiger charge is 2.31. The molecule has 0 saturated heterocycles. The molecule has 0 aliphatic heterocycles. The third-order valence-electron chi connectivity index (χ3n) is 2.55. The lowest BCUT2D eigenvalue weighted by molar-refractivity contribution is -0.120. The van der Waals surface area contributed by atoms with E-state index in [2.05, 4.69) is 10.3 Å². The lowest BCUT2D eigenvalue weighted by Crippen LogP contribution is -2.42. The molecule has 0 saturated carbocycles. The minimum Gasteiger partial charge on any atom is -0.456 e. The number of ether oxygens (including phenoxy) is 1. The molecule has 0 aliphatic rings. The maximum absolute atomic E-state index is 12.3. The first-order valence-corrected chi connectivity index (χ1v) is 6.98. The van der Waals surface area contributed by atoms with Crippen molar-refractivity contribution in [3.05, 3.63) is 28.5 Å². The summed E-state index contributed by atoms with van der Waals surface area (Å²) in [6, 6.07) is 1.50. The SMILES string of the molecule is CC(=O)NC(C)(C)c1ncc(Cl)cc1C(=O)OC(C)(C)C. The number of carbonyl (C=O) groups excluding carboxylic acids is 2. The number of halogens is 1. The largest absolute Gasteiger partial charge is 0.456 e. The van der Waals surface area contributed by atoms with Crippen molar-refractivity contribution in [1.82, 2.24) is 10.3 Å². The van der Waals surface area contributed by atoms with Gasteiger partial charge in [-0.25, -0.2) is 4.79 Å². The number of carbonyl (C=O) groups is 2. The summed E-state index contributed by atoms with van der Waals surface area (Å²) in [6.45, 7) is 10.3. The second kappa shape index (κ2) is 6.02. The lowest BCUT2D eigenvalue weighted by Gasteiger charge is -2.28. The molecule has 0 spiro atoms. The van der Waals surface area contributed by atoms with Crippen molar-refractivity contribution in [3.8, 4) is 0 Å². The van der Waals surface area contributed by atoms with Crippen LogP contribution in [-0.2, 0) is 15.1 Å². The summed E-state index contributed by atoms with van der Waals surface area (Å²) in [6.07, 6.45) is 1.44. The first-order chi connectivity index (χ1) is 9.42. The van der Waals surface area contributed by atoms with Gasteiger partial charge in [0.25, 0.3) is 0 Å². The summed E-state index contributed by atoms with van der Waals surface area (Å²) < 4.78 is 5.37. The Bertz CT molecular complexity index is 563. The van der Waals surface area contributed by atoms with Crippen LogP contribution < -0.4 is 5.32 Å². The predicted octanol–water partition coefficient (Wildman–Crippen LogP) is 3.06. The molecular formula is C15H21ClN2O3. The molecule has 1 N–H and O–H groups in total. The molecule has 1 heterocycles. The van der Waals surface area contributed by atoms with Crippen LogP contribution in [0.4, 0.5) is 0 Å². The highest BCUT2D eigenvalue weighted by molar-refractivity contribution is 6.30. The van der Waals surface area contributed by atoms with Crippen LogP contribution in [0.25, 0.3) is 0 Å². The summed E-state index contributed by atoms with van der Waals surface area (Å²) in [5.74, 6) is -0.738. The Kier molecular flexibility index (Phi) is 4.99. The molecule has 0 atom stereocenters. The second-order valence-corrected chi connectivity index (χ2v) is 6.79. The molecule has 0 radical (unpaired) electrons. The van der Waals surface area contributed by atoms with Crippen LogP contribution in [-0.4, -0.2) is 22.5 Å². The van der Waals surface area contributed by atoms with Crippen molar-refractivity contribution in [2.45, 2.75) is 52.7 Å². The van der Waals surface area contributed by atoms with Crippen LogP contribution in [0.5, 0.6) is 0 Å². The normalized spacial score (nSPS) is 12.0. The molecule has 1 rings (SSSR count). The topological polar surface area (TPSA) is 68.3 Å². The van der Waals surface area contributed by atoms with Gasteiger partial charge in [-0.3, -0.25) is 9.78 Å². The number of rotatable bonds is 3. The van der Waals surface area contributed by atoms with Crippen LogP contribution in [0, 0.1) is 0 Å². The number of hydrogen-bond acceptors (Lipinski definition) is 4. The van der Waals surface area contributed by atoms with Gasteiger partial charge in [-0.1, -0.05) is 11.6 Å². The number of amides is 1. The van der Waals surface area contributed by atoms with E-state index in [0.717, 1.165) is 0 Å². The molecule has 5 nitrogen and oxygen atoms in total. The molecule has 1 aromatic rings. The van der Waals surface area contributed by atoms with E-state index in [-0.39, 0.29) is 11.5 Å². The summed E-state index contributed by atoms with van der Waals surface area (Å²) in [7, 11) is 0. The third-order valence-corrected chi connectivity index (χ3v) is 2.76. The standard InChI is InChI=1S/C15H21ClN2O3/c1-9(19)18-15(5,6)12-11(7-10(16)8-17-12)13(20)21-14(2,3)4/h7-8H,1-6H3,(H,18,19). The van der Waals surface area contributed by atoms with Gasteiger partial charge in [-0.05, 0) is 40.7 Å². The highest BCUT2D eigenvalue weighted by atomic mass is 35.5. The van der Waals surface area contributed by atoms with E-state index in [1.807, 2.05) is 0 Å². The Balaban J connectivity index is 3.28. The van der Waals surface area contributed by atoms with E-state index in [0.29, 0.717) is 10.7 Å². The molecule has 0 unspecified atom stereocenters. The van der Waals surface area contributed by atoms with Crippen LogP contribution in [0.2, 0.25) is 5.02 Å². The van der Waals surface area contributed by atoms with Gasteiger partial charge in [-0.2, -0.15) is 0 Å². The van der Waals surface area contributed by atoms with E-state index >= 15 is 0 Å². The van der Waals surface area contributed by atoms with Crippen molar-refractivity contribution in [3.63, 3.8) is 0 Å². The van der Waals surface area contributed by atoms with Crippen molar-refractivity contribution in [2.24, 2.45) is 0 Å². The maximum Gasteiger partial charge on any atom is 0.340 e. The zero-order valence-corrected chi connectivity index (χ0v) is 14.0. The van der Waals surface area contributed by atoms with Gasteiger partial charge in [-0.15, -0.1) is 0 Å². The molecule has 6 heteroatoms. The summed E-state index contributed by atoms with van der Waals surface area (Å²) >= 11 is 5.93. The minimum absolute atomic E-state index is 0.216. The van der Waals surface area contributed by atoms with E-state index in [4.69, 9.17) is 16.3 Å². The predicted molar refractivity (Wildman–Crippen MR) is 81.3 cm³/mol. The first-order valence-electron chi connectivity index (χ1n) is 6.60. The number of nitrogens with one attached hydrogen (secondary N) is 1. The Morgan fingerprint density at radius 1 is 1.24 bits per heavy atom. The van der Waals surface area contributed by atoms with E-state index in [1.165, 1.54) is 19.2 Å². The molecule has 0 aromatic carbocycles. The van der Waals surface area contributed by atoms with Gasteiger partial charge in [0, 0.05) is 13.1 Å². The minimum atomic E-state index is -0.817. The first kappa shape index (κ1) is 17.4. The molecule has 0 bridgehead atoms. The fourth-order valence-corrected chi connectivity index (χ4v) is 2.08. The average molecular weight is 313 g/mol. The zero-order chi connectivity index (χ0) is 16.4. The zero-order valence-electron chi connectivity index (χ0n) is 13.2. The van der Waals surface area contributed by atoms with Crippen molar-refractivity contribution in [1.29, 1.82) is 0 Å². The Morgan fingerprint density at radius 3 is 2.29 bits per heavy atom. The molecule has 21 heavy (non-hydrogen) atoms. The fourth-order valence-electron chi connectivity index (χ4n) is 1.93. The molecular weight excluding hydrogens is 292 g/mol. The number of hydrogen-bond donors (Lipinski definition) is 1. The fraction of sp³-hybridized carbons (Fsp3) is 0.533. The lowest BCUT2D eigenvalue weighted by atomic mass is 9.95. The van der Waals surface area contributed by atoms with Crippen molar-refractivity contribution < 1.29 is 14.3 Å². The Labute approximate surface area is 130 Å². The van der Waals surface area contributed by atoms with Crippen molar-refractivity contribution in [2.75, 3.05) is 0 Å². The van der Waals surface area contributed by atoms with Crippen LogP contribution >= 0.6 is 11.6 Å². The van der Waals surface area contributed by atoms with Crippen LogP contribution in [0.3, 0.4) is 0 Å². The van der Waals surface area contributed by atoms with Crippen LogP contribution in [0.15, 0.2) is 12.3 Å². The Hall–Kier alpha value is -1.62.